The molecule has 0 aromatic heterocycles. The maximum absolute atomic E-state index is 13.4. The van der Waals surface area contributed by atoms with Crippen LogP contribution in [-0.2, 0) is 9.59 Å². The van der Waals surface area contributed by atoms with Crippen LogP contribution in [0.5, 0.6) is 0 Å². The highest BCUT2D eigenvalue weighted by molar-refractivity contribution is 5.97. The summed E-state index contributed by atoms with van der Waals surface area (Å²) in [4.78, 5) is 34.4. The van der Waals surface area contributed by atoms with Crippen molar-refractivity contribution in [1.82, 2.24) is 10.6 Å². The fraction of sp³-hybridized carbons (Fsp3) is 0.400. The van der Waals surface area contributed by atoms with Crippen LogP contribution in [0.2, 0.25) is 0 Å². The lowest BCUT2D eigenvalue weighted by atomic mass is 10.0. The van der Waals surface area contributed by atoms with Crippen LogP contribution in [0, 0.1) is 17.6 Å². The van der Waals surface area contributed by atoms with Crippen LogP contribution in [0.25, 0.3) is 0 Å². The zero-order valence-corrected chi connectivity index (χ0v) is 12.7. The highest BCUT2D eigenvalue weighted by Crippen LogP contribution is 2.09. The molecule has 1 aromatic rings. The third-order valence-electron chi connectivity index (χ3n) is 2.92. The minimum Gasteiger partial charge on any atom is -0.480 e. The number of halogens is 2. The molecule has 1 atom stereocenters. The van der Waals surface area contributed by atoms with Crippen LogP contribution in [0.1, 0.15) is 30.6 Å². The van der Waals surface area contributed by atoms with E-state index in [4.69, 9.17) is 5.11 Å². The first kappa shape index (κ1) is 18.5. The number of aliphatic carboxylic acids is 1. The summed E-state index contributed by atoms with van der Waals surface area (Å²) in [6.07, 6.45) is 0.230. The number of benzene rings is 1. The van der Waals surface area contributed by atoms with Gasteiger partial charge < -0.3 is 15.7 Å². The van der Waals surface area contributed by atoms with E-state index >= 15 is 0 Å². The zero-order chi connectivity index (χ0) is 17.6. The summed E-state index contributed by atoms with van der Waals surface area (Å²) < 4.78 is 26.4. The van der Waals surface area contributed by atoms with Crippen molar-refractivity contribution in [2.24, 2.45) is 5.92 Å². The summed E-state index contributed by atoms with van der Waals surface area (Å²) in [6, 6.07) is 1.29. The molecular weight excluding hydrogens is 310 g/mol. The topological polar surface area (TPSA) is 95.5 Å². The van der Waals surface area contributed by atoms with E-state index in [9.17, 15) is 23.2 Å². The fourth-order valence-corrected chi connectivity index (χ4v) is 1.87. The minimum absolute atomic E-state index is 0.0485. The summed E-state index contributed by atoms with van der Waals surface area (Å²) in [5.41, 5.74) is -0.533. The number of carboxylic acids is 1. The van der Waals surface area contributed by atoms with Gasteiger partial charge in [-0.25, -0.2) is 13.6 Å². The Morgan fingerprint density at radius 3 is 2.43 bits per heavy atom. The number of carboxylic acid groups (broad SMARTS) is 1. The zero-order valence-electron chi connectivity index (χ0n) is 12.7. The first-order chi connectivity index (χ1) is 10.7. The second kappa shape index (κ2) is 8.21. The van der Waals surface area contributed by atoms with Gasteiger partial charge in [-0.3, -0.25) is 9.59 Å². The second-order valence-electron chi connectivity index (χ2n) is 5.39. The molecule has 0 saturated heterocycles. The molecule has 8 heteroatoms. The van der Waals surface area contributed by atoms with E-state index in [-0.39, 0.29) is 12.3 Å². The van der Waals surface area contributed by atoms with Gasteiger partial charge in [0.2, 0.25) is 5.91 Å². The van der Waals surface area contributed by atoms with Gasteiger partial charge in [0.05, 0.1) is 12.1 Å². The highest BCUT2D eigenvalue weighted by atomic mass is 19.1. The SMILES string of the molecule is CC(C)C[C@H](NC(=O)CNC(=O)c1cc(F)ccc1F)C(=O)O. The van der Waals surface area contributed by atoms with Crippen molar-refractivity contribution in [1.29, 1.82) is 0 Å². The van der Waals surface area contributed by atoms with E-state index in [1.54, 1.807) is 13.8 Å². The molecule has 0 heterocycles. The molecule has 1 aromatic carbocycles. The van der Waals surface area contributed by atoms with E-state index in [0.717, 1.165) is 12.1 Å². The Morgan fingerprint density at radius 2 is 1.87 bits per heavy atom. The summed E-state index contributed by atoms with van der Waals surface area (Å²) >= 11 is 0. The van der Waals surface area contributed by atoms with Crippen molar-refractivity contribution in [3.05, 3.63) is 35.4 Å². The summed E-state index contributed by atoms with van der Waals surface area (Å²) in [7, 11) is 0. The van der Waals surface area contributed by atoms with Crippen LogP contribution in [-0.4, -0.2) is 35.5 Å². The van der Waals surface area contributed by atoms with Gasteiger partial charge in [-0.2, -0.15) is 0 Å². The maximum atomic E-state index is 13.4. The molecule has 0 aliphatic heterocycles. The second-order valence-corrected chi connectivity index (χ2v) is 5.39. The Labute approximate surface area is 131 Å². The van der Waals surface area contributed by atoms with Crippen LogP contribution >= 0.6 is 0 Å². The van der Waals surface area contributed by atoms with Crippen LogP contribution in [0.3, 0.4) is 0 Å². The molecule has 2 amide bonds. The lowest BCUT2D eigenvalue weighted by Gasteiger charge is -2.16. The van der Waals surface area contributed by atoms with Gasteiger partial charge in [0.1, 0.15) is 17.7 Å². The first-order valence-electron chi connectivity index (χ1n) is 6.96. The fourth-order valence-electron chi connectivity index (χ4n) is 1.87. The van der Waals surface area contributed by atoms with Gasteiger partial charge in [0.15, 0.2) is 0 Å². The molecule has 0 unspecified atom stereocenters. The molecule has 23 heavy (non-hydrogen) atoms. The van der Waals surface area contributed by atoms with Crippen molar-refractivity contribution < 1.29 is 28.3 Å². The van der Waals surface area contributed by atoms with Gasteiger partial charge in [0.25, 0.3) is 5.91 Å². The maximum Gasteiger partial charge on any atom is 0.326 e. The molecule has 1 rings (SSSR count). The monoisotopic (exact) mass is 328 g/mol. The predicted octanol–water partition coefficient (Wildman–Crippen LogP) is 1.31. The molecule has 0 aliphatic rings. The largest absolute Gasteiger partial charge is 0.480 e. The van der Waals surface area contributed by atoms with E-state index in [1.165, 1.54) is 0 Å². The smallest absolute Gasteiger partial charge is 0.326 e. The Balaban J connectivity index is 2.59. The van der Waals surface area contributed by atoms with Gasteiger partial charge >= 0.3 is 5.97 Å². The molecule has 3 N–H and O–H groups in total. The Kier molecular flexibility index (Phi) is 6.62. The lowest BCUT2D eigenvalue weighted by Crippen LogP contribution is -2.46. The summed E-state index contributed by atoms with van der Waals surface area (Å²) in [6.45, 7) is 3.06. The minimum atomic E-state index is -1.19. The molecule has 126 valence electrons. The normalized spacial score (nSPS) is 11.9. The molecular formula is C15H18F2N2O4. The number of nitrogens with one attached hydrogen (secondary N) is 2. The number of hydrogen-bond donors (Lipinski definition) is 3. The molecule has 0 radical (unpaired) electrons. The average molecular weight is 328 g/mol. The molecule has 0 saturated carbocycles. The molecule has 0 fully saturated rings. The molecule has 6 nitrogen and oxygen atoms in total. The van der Waals surface area contributed by atoms with E-state index in [0.29, 0.717) is 6.07 Å². The van der Waals surface area contributed by atoms with Crippen molar-refractivity contribution in [2.45, 2.75) is 26.3 Å². The third-order valence-corrected chi connectivity index (χ3v) is 2.92. The van der Waals surface area contributed by atoms with Gasteiger partial charge in [-0.15, -0.1) is 0 Å². The summed E-state index contributed by atoms with van der Waals surface area (Å²) in [5, 5.41) is 13.4. The van der Waals surface area contributed by atoms with Gasteiger partial charge in [-0.05, 0) is 30.5 Å². The van der Waals surface area contributed by atoms with Gasteiger partial charge in [-0.1, -0.05) is 13.8 Å². The molecule has 0 aliphatic carbocycles. The van der Waals surface area contributed by atoms with Crippen molar-refractivity contribution >= 4 is 17.8 Å². The van der Waals surface area contributed by atoms with Crippen LogP contribution in [0.15, 0.2) is 18.2 Å². The number of carbonyl (C=O) groups excluding carboxylic acids is 2. The first-order valence-corrected chi connectivity index (χ1v) is 6.96. The van der Waals surface area contributed by atoms with Gasteiger partial charge in [0, 0.05) is 0 Å². The predicted molar refractivity (Wildman–Crippen MR) is 77.7 cm³/mol. The number of hydrogen-bond acceptors (Lipinski definition) is 3. The quantitative estimate of drug-likeness (QED) is 0.703. The standard InChI is InChI=1S/C15H18F2N2O4/c1-8(2)5-12(15(22)23)19-13(20)7-18-14(21)10-6-9(16)3-4-11(10)17/h3-4,6,8,12H,5,7H2,1-2H3,(H,18,21)(H,19,20)(H,22,23)/t12-/m0/s1. The Bertz CT molecular complexity index is 605. The van der Waals surface area contributed by atoms with Crippen LogP contribution in [0.4, 0.5) is 8.78 Å². The average Bonchev–Trinajstić information content (AvgIpc) is 2.46. The number of carbonyl (C=O) groups is 3. The highest BCUT2D eigenvalue weighted by Gasteiger charge is 2.21. The van der Waals surface area contributed by atoms with Crippen molar-refractivity contribution in [2.75, 3.05) is 6.54 Å². The van der Waals surface area contributed by atoms with E-state index < -0.39 is 47.6 Å². The summed E-state index contributed by atoms with van der Waals surface area (Å²) in [5.74, 6) is -4.55. The molecule has 0 spiro atoms. The molecule has 0 bridgehead atoms. The van der Waals surface area contributed by atoms with Crippen molar-refractivity contribution in [3.63, 3.8) is 0 Å². The van der Waals surface area contributed by atoms with Crippen molar-refractivity contribution in [3.8, 4) is 0 Å². The lowest BCUT2D eigenvalue weighted by molar-refractivity contribution is -0.142. The number of amides is 2. The number of rotatable bonds is 7. The van der Waals surface area contributed by atoms with Crippen LogP contribution < -0.4 is 10.6 Å². The van der Waals surface area contributed by atoms with E-state index in [1.807, 2.05) is 0 Å². The van der Waals surface area contributed by atoms with E-state index in [2.05, 4.69) is 10.6 Å². The third kappa shape index (κ3) is 6.01. The Hall–Kier alpha value is -2.51. The Morgan fingerprint density at radius 1 is 1.22 bits per heavy atom.